The van der Waals surface area contributed by atoms with Crippen molar-refractivity contribution in [3.8, 4) is 0 Å². The van der Waals surface area contributed by atoms with Crippen molar-refractivity contribution < 1.29 is 18.0 Å². The summed E-state index contributed by atoms with van der Waals surface area (Å²) in [5, 5.41) is 0. The third kappa shape index (κ3) is 1.90. The van der Waals surface area contributed by atoms with Gasteiger partial charge in [-0.05, 0) is 6.07 Å². The van der Waals surface area contributed by atoms with Crippen LogP contribution in [0.25, 0.3) is 0 Å². The second-order valence-electron chi connectivity index (χ2n) is 2.52. The van der Waals surface area contributed by atoms with Crippen LogP contribution in [0.15, 0.2) is 6.07 Å². The third-order valence-electron chi connectivity index (χ3n) is 1.61. The van der Waals surface area contributed by atoms with E-state index in [4.69, 9.17) is 5.73 Å². The van der Waals surface area contributed by atoms with Crippen LogP contribution in [-0.2, 0) is 6.54 Å². The minimum atomic E-state index is -3.06. The highest BCUT2D eigenvalue weighted by molar-refractivity contribution is 5.75. The molecule has 0 aliphatic heterocycles. The summed E-state index contributed by atoms with van der Waals surface area (Å²) in [6.07, 6.45) is -2.90. The van der Waals surface area contributed by atoms with Gasteiger partial charge in [-0.3, -0.25) is 4.79 Å². The standard InChI is InChI=1S/C8H7F3N2O/c9-6-4(3-14)1-5(2-12)13-7(6)8(10)11/h1,3,8H,2,12H2. The van der Waals surface area contributed by atoms with Gasteiger partial charge >= 0.3 is 0 Å². The minimum absolute atomic E-state index is 0.0591. The van der Waals surface area contributed by atoms with Crippen molar-refractivity contribution in [1.29, 1.82) is 0 Å². The molecule has 0 aromatic carbocycles. The van der Waals surface area contributed by atoms with Crippen molar-refractivity contribution in [2.75, 3.05) is 0 Å². The van der Waals surface area contributed by atoms with E-state index >= 15 is 0 Å². The Bertz CT molecular complexity index is 355. The van der Waals surface area contributed by atoms with Crippen LogP contribution >= 0.6 is 0 Å². The molecule has 0 atom stereocenters. The molecule has 14 heavy (non-hydrogen) atoms. The van der Waals surface area contributed by atoms with Crippen molar-refractivity contribution in [3.05, 3.63) is 28.8 Å². The molecule has 0 amide bonds. The molecule has 0 aliphatic rings. The number of rotatable bonds is 3. The van der Waals surface area contributed by atoms with Gasteiger partial charge in [-0.1, -0.05) is 0 Å². The first-order chi connectivity index (χ1) is 6.60. The average molecular weight is 204 g/mol. The van der Waals surface area contributed by atoms with E-state index in [-0.39, 0.29) is 18.5 Å². The number of halogens is 3. The van der Waals surface area contributed by atoms with Gasteiger partial charge in [0.1, 0.15) is 5.69 Å². The van der Waals surface area contributed by atoms with Gasteiger partial charge in [-0.2, -0.15) is 0 Å². The number of carbonyl (C=O) groups is 1. The van der Waals surface area contributed by atoms with Gasteiger partial charge in [-0.25, -0.2) is 18.2 Å². The lowest BCUT2D eigenvalue weighted by Gasteiger charge is -2.05. The molecule has 1 heterocycles. The van der Waals surface area contributed by atoms with Crippen LogP contribution < -0.4 is 5.73 Å². The molecule has 1 aromatic heterocycles. The summed E-state index contributed by atoms with van der Waals surface area (Å²) in [5.74, 6) is -1.28. The zero-order valence-electron chi connectivity index (χ0n) is 7.01. The van der Waals surface area contributed by atoms with Crippen LogP contribution in [-0.4, -0.2) is 11.3 Å². The molecule has 0 unspecified atom stereocenters. The molecule has 0 radical (unpaired) electrons. The number of pyridine rings is 1. The van der Waals surface area contributed by atoms with Gasteiger partial charge in [0.2, 0.25) is 0 Å². The Morgan fingerprint density at radius 1 is 1.57 bits per heavy atom. The predicted octanol–water partition coefficient (Wildman–Crippen LogP) is 1.43. The molecule has 1 rings (SSSR count). The van der Waals surface area contributed by atoms with Crippen LogP contribution in [0.5, 0.6) is 0 Å². The van der Waals surface area contributed by atoms with Crippen molar-refractivity contribution in [2.45, 2.75) is 13.0 Å². The molecule has 3 nitrogen and oxygen atoms in total. The summed E-state index contributed by atoms with van der Waals surface area (Å²) >= 11 is 0. The number of nitrogens with two attached hydrogens (primary N) is 1. The average Bonchev–Trinajstić information content (AvgIpc) is 2.17. The molecule has 76 valence electrons. The Kier molecular flexibility index (Phi) is 3.19. The molecule has 2 N–H and O–H groups in total. The molecule has 0 aliphatic carbocycles. The van der Waals surface area contributed by atoms with E-state index in [1.807, 2.05) is 0 Å². The zero-order chi connectivity index (χ0) is 10.7. The Balaban J connectivity index is 3.34. The number of hydrogen-bond acceptors (Lipinski definition) is 3. The molecular weight excluding hydrogens is 197 g/mol. The highest BCUT2D eigenvalue weighted by Crippen LogP contribution is 2.22. The minimum Gasteiger partial charge on any atom is -0.325 e. The fourth-order valence-electron chi connectivity index (χ4n) is 0.962. The summed E-state index contributed by atoms with van der Waals surface area (Å²) in [4.78, 5) is 13.6. The number of aldehydes is 1. The first kappa shape index (κ1) is 10.6. The van der Waals surface area contributed by atoms with E-state index in [0.717, 1.165) is 6.07 Å². The van der Waals surface area contributed by atoms with Crippen LogP contribution in [0, 0.1) is 5.82 Å². The second kappa shape index (κ2) is 4.19. The number of hydrogen-bond donors (Lipinski definition) is 1. The van der Waals surface area contributed by atoms with Crippen LogP contribution in [0.1, 0.15) is 28.2 Å². The highest BCUT2D eigenvalue weighted by atomic mass is 19.3. The zero-order valence-corrected chi connectivity index (χ0v) is 7.01. The largest absolute Gasteiger partial charge is 0.325 e. The van der Waals surface area contributed by atoms with Crippen LogP contribution in [0.2, 0.25) is 0 Å². The van der Waals surface area contributed by atoms with Gasteiger partial charge in [0.05, 0.1) is 11.3 Å². The van der Waals surface area contributed by atoms with Gasteiger partial charge in [0.25, 0.3) is 6.43 Å². The normalized spacial score (nSPS) is 10.6. The number of carbonyl (C=O) groups excluding carboxylic acids is 1. The van der Waals surface area contributed by atoms with Crippen molar-refractivity contribution in [2.24, 2.45) is 5.73 Å². The fraction of sp³-hybridized carbons (Fsp3) is 0.250. The summed E-state index contributed by atoms with van der Waals surface area (Å²) in [6, 6.07) is 1.05. The van der Waals surface area contributed by atoms with Gasteiger partial charge in [-0.15, -0.1) is 0 Å². The molecule has 0 saturated heterocycles. The summed E-state index contributed by atoms with van der Waals surface area (Å²) in [5.41, 5.74) is 3.73. The van der Waals surface area contributed by atoms with E-state index in [1.165, 1.54) is 0 Å². The van der Waals surface area contributed by atoms with Crippen LogP contribution in [0.4, 0.5) is 13.2 Å². The SMILES string of the molecule is NCc1cc(C=O)c(F)c(C(F)F)n1. The van der Waals surface area contributed by atoms with Gasteiger partial charge < -0.3 is 5.73 Å². The quantitative estimate of drug-likeness (QED) is 0.757. The van der Waals surface area contributed by atoms with E-state index in [9.17, 15) is 18.0 Å². The lowest BCUT2D eigenvalue weighted by Crippen LogP contribution is -2.07. The van der Waals surface area contributed by atoms with Crippen molar-refractivity contribution in [1.82, 2.24) is 4.98 Å². The molecule has 0 fully saturated rings. The number of aromatic nitrogens is 1. The van der Waals surface area contributed by atoms with Gasteiger partial charge in [0, 0.05) is 6.54 Å². The second-order valence-corrected chi connectivity index (χ2v) is 2.52. The predicted molar refractivity (Wildman–Crippen MR) is 42.4 cm³/mol. The number of alkyl halides is 2. The Labute approximate surface area is 77.7 Å². The first-order valence-electron chi connectivity index (χ1n) is 3.72. The summed E-state index contributed by atoms with van der Waals surface area (Å²) in [7, 11) is 0. The fourth-order valence-corrected chi connectivity index (χ4v) is 0.962. The van der Waals surface area contributed by atoms with Crippen molar-refractivity contribution in [3.63, 3.8) is 0 Å². The molecule has 0 bridgehead atoms. The lowest BCUT2D eigenvalue weighted by atomic mass is 10.2. The number of nitrogens with zero attached hydrogens (tertiary/aromatic N) is 1. The summed E-state index contributed by atoms with van der Waals surface area (Å²) < 4.78 is 37.4. The highest BCUT2D eigenvalue weighted by Gasteiger charge is 2.19. The smallest absolute Gasteiger partial charge is 0.283 e. The Morgan fingerprint density at radius 2 is 2.21 bits per heavy atom. The van der Waals surface area contributed by atoms with E-state index in [0.29, 0.717) is 0 Å². The van der Waals surface area contributed by atoms with Crippen LogP contribution in [0.3, 0.4) is 0 Å². The van der Waals surface area contributed by atoms with E-state index < -0.39 is 23.5 Å². The Morgan fingerprint density at radius 3 is 2.64 bits per heavy atom. The maximum Gasteiger partial charge on any atom is 0.283 e. The maximum atomic E-state index is 13.0. The summed E-state index contributed by atoms with van der Waals surface area (Å²) in [6.45, 7) is -0.124. The molecule has 0 saturated carbocycles. The third-order valence-corrected chi connectivity index (χ3v) is 1.61. The lowest BCUT2D eigenvalue weighted by molar-refractivity contribution is 0.111. The molecule has 0 spiro atoms. The monoisotopic (exact) mass is 204 g/mol. The first-order valence-corrected chi connectivity index (χ1v) is 3.72. The van der Waals surface area contributed by atoms with E-state index in [2.05, 4.69) is 4.98 Å². The molecule has 6 heteroatoms. The molecular formula is C8H7F3N2O. The maximum absolute atomic E-state index is 13.0. The van der Waals surface area contributed by atoms with Gasteiger partial charge in [0.15, 0.2) is 12.1 Å². The Hall–Kier alpha value is -1.43. The van der Waals surface area contributed by atoms with E-state index in [1.54, 1.807) is 0 Å². The molecule has 1 aromatic rings. The van der Waals surface area contributed by atoms with Crippen molar-refractivity contribution >= 4 is 6.29 Å². The topological polar surface area (TPSA) is 56.0 Å².